The molecule has 0 saturated carbocycles. The van der Waals surface area contributed by atoms with Crippen molar-refractivity contribution in [1.29, 1.82) is 0 Å². The number of aliphatic hydroxyl groups excluding tert-OH is 1. The second-order valence-electron chi connectivity index (χ2n) is 4.91. The van der Waals surface area contributed by atoms with Gasteiger partial charge in [0.2, 0.25) is 0 Å². The average molecular weight is 336 g/mol. The molecule has 0 bridgehead atoms. The van der Waals surface area contributed by atoms with Crippen LogP contribution in [-0.4, -0.2) is 54.2 Å². The summed E-state index contributed by atoms with van der Waals surface area (Å²) in [6, 6.07) is 5.90. The van der Waals surface area contributed by atoms with Crippen LogP contribution in [0.5, 0.6) is 0 Å². The number of morpholine rings is 1. The van der Waals surface area contributed by atoms with Gasteiger partial charge < -0.3 is 9.84 Å². The van der Waals surface area contributed by atoms with E-state index < -0.39 is 0 Å². The van der Waals surface area contributed by atoms with Crippen LogP contribution >= 0.6 is 35.0 Å². The Hall–Kier alpha value is 0.0300. The third-order valence-electron chi connectivity index (χ3n) is 3.37. The number of aliphatic hydroxyl groups is 1. The number of halogens is 2. The molecule has 1 heterocycles. The highest BCUT2D eigenvalue weighted by atomic mass is 35.5. The molecule has 0 aliphatic carbocycles. The molecule has 0 spiro atoms. The molecule has 1 aromatic carbocycles. The lowest BCUT2D eigenvalue weighted by Crippen LogP contribution is -2.50. The van der Waals surface area contributed by atoms with Crippen molar-refractivity contribution in [1.82, 2.24) is 4.90 Å². The van der Waals surface area contributed by atoms with Crippen LogP contribution in [0.2, 0.25) is 10.0 Å². The molecule has 1 fully saturated rings. The maximum atomic E-state index is 9.18. The van der Waals surface area contributed by atoms with Crippen molar-refractivity contribution in [3.05, 3.63) is 28.2 Å². The molecule has 1 saturated heterocycles. The molecule has 2 unspecified atom stereocenters. The molecule has 2 rings (SSSR count). The van der Waals surface area contributed by atoms with Gasteiger partial charge in [0.25, 0.3) is 0 Å². The third-order valence-corrected chi connectivity index (χ3v) is 5.08. The highest BCUT2D eigenvalue weighted by Gasteiger charge is 2.25. The summed E-state index contributed by atoms with van der Waals surface area (Å²) in [6.45, 7) is 4.62. The quantitative estimate of drug-likeness (QED) is 0.838. The Kier molecular flexibility index (Phi) is 6.46. The fraction of sp³-hybridized carbons (Fsp3) is 0.571. The molecule has 0 aromatic heterocycles. The molecule has 3 nitrogen and oxygen atoms in total. The van der Waals surface area contributed by atoms with E-state index in [1.54, 1.807) is 17.8 Å². The molecule has 1 aliphatic heterocycles. The van der Waals surface area contributed by atoms with Gasteiger partial charge in [-0.25, -0.2) is 0 Å². The van der Waals surface area contributed by atoms with E-state index in [1.165, 1.54) is 0 Å². The van der Waals surface area contributed by atoms with Crippen LogP contribution in [0.25, 0.3) is 0 Å². The lowest BCUT2D eigenvalue weighted by atomic mass is 10.2. The number of hydrogen-bond donors (Lipinski definition) is 1. The van der Waals surface area contributed by atoms with Crippen LogP contribution in [0.1, 0.15) is 6.92 Å². The summed E-state index contributed by atoms with van der Waals surface area (Å²) in [6.07, 6.45) is -0.0639. The third kappa shape index (κ3) is 4.52. The van der Waals surface area contributed by atoms with Gasteiger partial charge in [-0.1, -0.05) is 23.2 Å². The highest BCUT2D eigenvalue weighted by Crippen LogP contribution is 2.30. The zero-order valence-corrected chi connectivity index (χ0v) is 13.7. The first kappa shape index (κ1) is 16.4. The molecule has 1 N–H and O–H groups in total. The molecule has 112 valence electrons. The van der Waals surface area contributed by atoms with Crippen LogP contribution in [-0.2, 0) is 4.74 Å². The molecular formula is C14H19Cl2NO2S. The zero-order valence-electron chi connectivity index (χ0n) is 11.4. The number of nitrogens with zero attached hydrogens (tertiary/aromatic N) is 1. The van der Waals surface area contributed by atoms with Crippen LogP contribution < -0.4 is 0 Å². The largest absolute Gasteiger partial charge is 0.394 e. The number of thioether (sulfide) groups is 1. The Morgan fingerprint density at radius 1 is 1.45 bits per heavy atom. The van der Waals surface area contributed by atoms with Gasteiger partial charge in [-0.3, -0.25) is 4.90 Å². The van der Waals surface area contributed by atoms with E-state index >= 15 is 0 Å². The Morgan fingerprint density at radius 3 is 3.00 bits per heavy atom. The van der Waals surface area contributed by atoms with Gasteiger partial charge in [-0.15, -0.1) is 11.8 Å². The van der Waals surface area contributed by atoms with Crippen molar-refractivity contribution in [2.75, 3.05) is 32.1 Å². The molecule has 1 aromatic rings. The fourth-order valence-corrected chi connectivity index (χ4v) is 3.64. The van der Waals surface area contributed by atoms with E-state index in [4.69, 9.17) is 27.9 Å². The summed E-state index contributed by atoms with van der Waals surface area (Å²) in [5, 5.41) is 10.6. The van der Waals surface area contributed by atoms with Crippen molar-refractivity contribution in [2.45, 2.75) is 24.0 Å². The summed E-state index contributed by atoms with van der Waals surface area (Å²) >= 11 is 13.8. The molecule has 0 radical (unpaired) electrons. The van der Waals surface area contributed by atoms with E-state index in [9.17, 15) is 5.11 Å². The maximum Gasteiger partial charge on any atom is 0.0933 e. The summed E-state index contributed by atoms with van der Waals surface area (Å²) < 4.78 is 5.53. The molecule has 1 aliphatic rings. The molecule has 0 amide bonds. The van der Waals surface area contributed by atoms with Crippen molar-refractivity contribution >= 4 is 35.0 Å². The van der Waals surface area contributed by atoms with E-state index in [1.807, 2.05) is 12.1 Å². The first-order valence-electron chi connectivity index (χ1n) is 6.64. The van der Waals surface area contributed by atoms with Crippen molar-refractivity contribution in [2.24, 2.45) is 0 Å². The summed E-state index contributed by atoms with van der Waals surface area (Å²) in [7, 11) is 0. The smallest absolute Gasteiger partial charge is 0.0933 e. The van der Waals surface area contributed by atoms with Crippen molar-refractivity contribution < 1.29 is 9.84 Å². The van der Waals surface area contributed by atoms with E-state index in [0.29, 0.717) is 17.7 Å². The minimum Gasteiger partial charge on any atom is -0.394 e. The topological polar surface area (TPSA) is 32.7 Å². The predicted molar refractivity (Wildman–Crippen MR) is 85.0 cm³/mol. The van der Waals surface area contributed by atoms with Crippen LogP contribution in [0.3, 0.4) is 0 Å². The predicted octanol–water partition coefficient (Wildman–Crippen LogP) is 3.17. The highest BCUT2D eigenvalue weighted by molar-refractivity contribution is 7.99. The van der Waals surface area contributed by atoms with Crippen molar-refractivity contribution in [3.63, 3.8) is 0 Å². The van der Waals surface area contributed by atoms with Gasteiger partial charge in [0.1, 0.15) is 0 Å². The minimum atomic E-state index is -0.0639. The van der Waals surface area contributed by atoms with Gasteiger partial charge >= 0.3 is 0 Å². The van der Waals surface area contributed by atoms with E-state index in [0.717, 1.165) is 28.8 Å². The molecule has 6 heteroatoms. The number of ether oxygens (including phenoxy) is 1. The zero-order chi connectivity index (χ0) is 14.5. The Labute approximate surface area is 134 Å². The summed E-state index contributed by atoms with van der Waals surface area (Å²) in [5.74, 6) is 0.933. The lowest BCUT2D eigenvalue weighted by molar-refractivity contribution is -0.0757. The van der Waals surface area contributed by atoms with Crippen molar-refractivity contribution in [3.8, 4) is 0 Å². The molecule has 20 heavy (non-hydrogen) atoms. The Balaban J connectivity index is 1.84. The van der Waals surface area contributed by atoms with Gasteiger partial charge in [-0.2, -0.15) is 0 Å². The standard InChI is InChI=1S/C14H19Cl2NO2S/c1-10-9-19-12(8-18)7-17(10)4-5-20-14-6-11(15)2-3-13(14)16/h2-3,6,10,12,18H,4-5,7-9H2,1H3. The van der Waals surface area contributed by atoms with E-state index in [-0.39, 0.29) is 12.7 Å². The SMILES string of the molecule is CC1COC(CO)CN1CCSc1cc(Cl)ccc1Cl. The summed E-state index contributed by atoms with van der Waals surface area (Å²) in [4.78, 5) is 3.36. The second kappa shape index (κ2) is 7.87. The summed E-state index contributed by atoms with van der Waals surface area (Å²) in [5.41, 5.74) is 0. The Morgan fingerprint density at radius 2 is 2.25 bits per heavy atom. The fourth-order valence-electron chi connectivity index (χ4n) is 2.16. The normalized spacial score (nSPS) is 24.0. The van der Waals surface area contributed by atoms with Gasteiger partial charge in [-0.05, 0) is 25.1 Å². The van der Waals surface area contributed by atoms with E-state index in [2.05, 4.69) is 11.8 Å². The monoisotopic (exact) mass is 335 g/mol. The first-order chi connectivity index (χ1) is 9.60. The molecular weight excluding hydrogens is 317 g/mol. The van der Waals surface area contributed by atoms with Gasteiger partial charge in [0.15, 0.2) is 0 Å². The first-order valence-corrected chi connectivity index (χ1v) is 8.38. The van der Waals surface area contributed by atoms with Crippen LogP contribution in [0.4, 0.5) is 0 Å². The van der Waals surface area contributed by atoms with Gasteiger partial charge in [0, 0.05) is 34.8 Å². The maximum absolute atomic E-state index is 9.18. The number of rotatable bonds is 5. The Bertz CT molecular complexity index is 447. The average Bonchev–Trinajstić information content (AvgIpc) is 2.44. The number of hydrogen-bond acceptors (Lipinski definition) is 4. The number of benzene rings is 1. The van der Waals surface area contributed by atoms with Crippen LogP contribution in [0, 0.1) is 0 Å². The second-order valence-corrected chi connectivity index (χ2v) is 6.89. The van der Waals surface area contributed by atoms with Gasteiger partial charge in [0.05, 0.1) is 24.3 Å². The molecule has 2 atom stereocenters. The van der Waals surface area contributed by atoms with Crippen LogP contribution in [0.15, 0.2) is 23.1 Å². The minimum absolute atomic E-state index is 0.0639. The lowest BCUT2D eigenvalue weighted by Gasteiger charge is -2.37.